The Balaban J connectivity index is 1.81. The molecule has 1 fully saturated rings. The average Bonchev–Trinajstić information content (AvgIpc) is 2.70. The van der Waals surface area contributed by atoms with Crippen LogP contribution >= 0.6 is 0 Å². The van der Waals surface area contributed by atoms with Gasteiger partial charge in [-0.1, -0.05) is 24.3 Å². The van der Waals surface area contributed by atoms with Gasteiger partial charge >= 0.3 is 0 Å². The number of likely N-dealkylation sites (N-methyl/N-ethyl adjacent to an activating group) is 1. The molecule has 2 aromatic carbocycles. The van der Waals surface area contributed by atoms with Crippen LogP contribution in [0, 0.1) is 20.8 Å². The first-order chi connectivity index (χ1) is 14.1. The molecule has 0 radical (unpaired) electrons. The Hall–Kier alpha value is -2.22. The number of rotatable bonds is 5. The van der Waals surface area contributed by atoms with Gasteiger partial charge in [-0.3, -0.25) is 4.79 Å². The SMILES string of the molecule is Cc1ccc(C(C)NC(=O)c2ccc(C)c(S(=O)(=O)N3CCN(C)CC3)c2)cc1C. The lowest BCUT2D eigenvalue weighted by molar-refractivity contribution is 0.0939. The van der Waals surface area contributed by atoms with Crippen LogP contribution in [0.3, 0.4) is 0 Å². The zero-order valence-electron chi connectivity index (χ0n) is 18.4. The van der Waals surface area contributed by atoms with E-state index in [4.69, 9.17) is 0 Å². The Bertz CT molecular complexity index is 1040. The number of carbonyl (C=O) groups excluding carboxylic acids is 1. The predicted molar refractivity (Wildman–Crippen MR) is 119 cm³/mol. The van der Waals surface area contributed by atoms with Crippen LogP contribution in [-0.4, -0.2) is 56.8 Å². The second-order valence-corrected chi connectivity index (χ2v) is 10.1. The molecule has 1 aliphatic rings. The number of hydrogen-bond donors (Lipinski definition) is 1. The molecule has 2 aromatic rings. The molecule has 1 N–H and O–H groups in total. The normalized spacial score (nSPS) is 17.0. The second kappa shape index (κ2) is 8.88. The molecule has 1 saturated heterocycles. The van der Waals surface area contributed by atoms with Gasteiger partial charge in [-0.25, -0.2) is 8.42 Å². The van der Waals surface area contributed by atoms with E-state index >= 15 is 0 Å². The van der Waals surface area contributed by atoms with E-state index in [0.717, 1.165) is 5.56 Å². The Morgan fingerprint density at radius 2 is 1.57 bits per heavy atom. The summed E-state index contributed by atoms with van der Waals surface area (Å²) in [6.45, 7) is 10.1. The molecule has 1 heterocycles. The molecule has 0 aliphatic carbocycles. The van der Waals surface area contributed by atoms with Gasteiger partial charge in [-0.15, -0.1) is 0 Å². The van der Waals surface area contributed by atoms with E-state index in [1.54, 1.807) is 19.1 Å². The van der Waals surface area contributed by atoms with Gasteiger partial charge in [-0.05, 0) is 69.1 Å². The summed E-state index contributed by atoms with van der Waals surface area (Å²) >= 11 is 0. The second-order valence-electron chi connectivity index (χ2n) is 8.23. The van der Waals surface area contributed by atoms with Gasteiger partial charge in [-0.2, -0.15) is 4.31 Å². The summed E-state index contributed by atoms with van der Waals surface area (Å²) in [5.74, 6) is -0.282. The van der Waals surface area contributed by atoms with Gasteiger partial charge < -0.3 is 10.2 Å². The van der Waals surface area contributed by atoms with Crippen molar-refractivity contribution in [3.05, 3.63) is 64.2 Å². The maximum absolute atomic E-state index is 13.2. The Morgan fingerprint density at radius 1 is 0.933 bits per heavy atom. The number of amides is 1. The summed E-state index contributed by atoms with van der Waals surface area (Å²) in [6, 6.07) is 10.8. The van der Waals surface area contributed by atoms with Crippen molar-refractivity contribution >= 4 is 15.9 Å². The first-order valence-electron chi connectivity index (χ1n) is 10.3. The number of carbonyl (C=O) groups is 1. The highest BCUT2D eigenvalue weighted by molar-refractivity contribution is 7.89. The average molecular weight is 430 g/mol. The van der Waals surface area contributed by atoms with Crippen LogP contribution in [0.15, 0.2) is 41.3 Å². The van der Waals surface area contributed by atoms with E-state index in [0.29, 0.717) is 37.3 Å². The van der Waals surface area contributed by atoms with Crippen molar-refractivity contribution in [2.24, 2.45) is 0 Å². The summed E-state index contributed by atoms with van der Waals surface area (Å²) in [7, 11) is -1.65. The summed E-state index contributed by atoms with van der Waals surface area (Å²) in [5, 5.41) is 2.99. The molecule has 0 saturated carbocycles. The number of hydrogen-bond acceptors (Lipinski definition) is 4. The molecule has 0 aromatic heterocycles. The molecule has 0 bridgehead atoms. The van der Waals surface area contributed by atoms with Gasteiger partial charge in [0.25, 0.3) is 5.91 Å². The van der Waals surface area contributed by atoms with Gasteiger partial charge in [0.05, 0.1) is 10.9 Å². The fraction of sp³-hybridized carbons (Fsp3) is 0.435. The highest BCUT2D eigenvalue weighted by atomic mass is 32.2. The van der Waals surface area contributed by atoms with Crippen LogP contribution < -0.4 is 5.32 Å². The first-order valence-corrected chi connectivity index (χ1v) is 11.7. The summed E-state index contributed by atoms with van der Waals surface area (Å²) in [5.41, 5.74) is 4.39. The van der Waals surface area contributed by atoms with Crippen LogP contribution in [0.1, 0.15) is 45.6 Å². The third-order valence-electron chi connectivity index (χ3n) is 5.91. The molecule has 6 nitrogen and oxygen atoms in total. The molecule has 1 unspecified atom stereocenters. The Morgan fingerprint density at radius 3 is 2.20 bits per heavy atom. The monoisotopic (exact) mass is 429 g/mol. The van der Waals surface area contributed by atoms with Crippen LogP contribution in [0.4, 0.5) is 0 Å². The number of nitrogens with zero attached hydrogens (tertiary/aromatic N) is 2. The van der Waals surface area contributed by atoms with Gasteiger partial charge in [0.15, 0.2) is 0 Å². The predicted octanol–water partition coefficient (Wildman–Crippen LogP) is 3.04. The van der Waals surface area contributed by atoms with Crippen molar-refractivity contribution in [3.8, 4) is 0 Å². The van der Waals surface area contributed by atoms with Gasteiger partial charge in [0.1, 0.15) is 0 Å². The maximum atomic E-state index is 13.2. The smallest absolute Gasteiger partial charge is 0.251 e. The number of aryl methyl sites for hydroxylation is 3. The van der Waals surface area contributed by atoms with Crippen LogP contribution in [0.5, 0.6) is 0 Å². The summed E-state index contributed by atoms with van der Waals surface area (Å²) < 4.78 is 27.9. The Kier molecular flexibility index (Phi) is 6.65. The lowest BCUT2D eigenvalue weighted by Crippen LogP contribution is -2.47. The third-order valence-corrected chi connectivity index (χ3v) is 7.95. The van der Waals surface area contributed by atoms with Crippen molar-refractivity contribution < 1.29 is 13.2 Å². The molecular weight excluding hydrogens is 398 g/mol. The zero-order chi connectivity index (χ0) is 22.1. The van der Waals surface area contributed by atoms with Gasteiger partial charge in [0, 0.05) is 31.7 Å². The first kappa shape index (κ1) is 22.5. The van der Waals surface area contributed by atoms with E-state index in [1.807, 2.05) is 33.0 Å². The molecular formula is C23H31N3O3S. The molecule has 30 heavy (non-hydrogen) atoms. The van der Waals surface area contributed by atoms with Crippen LogP contribution in [-0.2, 0) is 10.0 Å². The Labute approximate surface area is 179 Å². The van der Waals surface area contributed by atoms with Crippen molar-refractivity contribution in [2.75, 3.05) is 33.2 Å². The minimum atomic E-state index is -3.64. The molecule has 1 amide bonds. The summed E-state index contributed by atoms with van der Waals surface area (Å²) in [4.78, 5) is 15.2. The zero-order valence-corrected chi connectivity index (χ0v) is 19.2. The van der Waals surface area contributed by atoms with E-state index < -0.39 is 10.0 Å². The number of sulfonamides is 1. The summed E-state index contributed by atoms with van der Waals surface area (Å²) in [6.07, 6.45) is 0. The topological polar surface area (TPSA) is 69.7 Å². The molecule has 1 atom stereocenters. The minimum absolute atomic E-state index is 0.184. The fourth-order valence-corrected chi connectivity index (χ4v) is 5.26. The maximum Gasteiger partial charge on any atom is 0.251 e. The fourth-order valence-electron chi connectivity index (χ4n) is 3.58. The van der Waals surface area contributed by atoms with Crippen molar-refractivity contribution in [1.29, 1.82) is 0 Å². The highest BCUT2D eigenvalue weighted by Gasteiger charge is 2.29. The molecule has 0 spiro atoms. The number of piperazine rings is 1. The lowest BCUT2D eigenvalue weighted by atomic mass is 10.0. The standard InChI is InChI=1S/C23H31N3O3S/c1-16-6-8-20(14-18(16)3)19(4)24-23(27)21-9-7-17(2)22(15-21)30(28,29)26-12-10-25(5)11-13-26/h6-9,14-15,19H,10-13H2,1-5H3,(H,24,27). The van der Waals surface area contributed by atoms with Crippen LogP contribution in [0.2, 0.25) is 0 Å². The lowest BCUT2D eigenvalue weighted by Gasteiger charge is -2.32. The van der Waals surface area contributed by atoms with E-state index in [1.165, 1.54) is 21.5 Å². The number of nitrogens with one attached hydrogen (secondary N) is 1. The largest absolute Gasteiger partial charge is 0.346 e. The molecule has 3 rings (SSSR count). The van der Waals surface area contributed by atoms with Crippen LogP contribution in [0.25, 0.3) is 0 Å². The van der Waals surface area contributed by atoms with Crippen molar-refractivity contribution in [2.45, 2.75) is 38.6 Å². The van der Waals surface area contributed by atoms with Crippen molar-refractivity contribution in [1.82, 2.24) is 14.5 Å². The number of benzene rings is 2. The minimum Gasteiger partial charge on any atom is -0.346 e. The third kappa shape index (κ3) is 4.74. The van der Waals surface area contributed by atoms with Gasteiger partial charge in [0.2, 0.25) is 10.0 Å². The van der Waals surface area contributed by atoms with E-state index in [2.05, 4.69) is 23.2 Å². The highest BCUT2D eigenvalue weighted by Crippen LogP contribution is 2.23. The molecule has 7 heteroatoms. The van der Waals surface area contributed by atoms with Crippen molar-refractivity contribution in [3.63, 3.8) is 0 Å². The quantitative estimate of drug-likeness (QED) is 0.793. The van der Waals surface area contributed by atoms with E-state index in [-0.39, 0.29) is 16.8 Å². The molecule has 1 aliphatic heterocycles. The van der Waals surface area contributed by atoms with E-state index in [9.17, 15) is 13.2 Å². The molecule has 162 valence electrons.